The van der Waals surface area contributed by atoms with Crippen LogP contribution in [0.4, 0.5) is 5.69 Å². The van der Waals surface area contributed by atoms with Crippen LogP contribution in [-0.2, 0) is 16.0 Å². The van der Waals surface area contributed by atoms with Crippen molar-refractivity contribution in [2.45, 2.75) is 32.6 Å². The van der Waals surface area contributed by atoms with Crippen LogP contribution in [0.15, 0.2) is 54.6 Å². The molecule has 2 aromatic rings. The van der Waals surface area contributed by atoms with E-state index in [0.29, 0.717) is 13.1 Å². The molecule has 3 rings (SSSR count). The molecule has 0 aromatic heterocycles. The van der Waals surface area contributed by atoms with Gasteiger partial charge in [0.15, 0.2) is 0 Å². The van der Waals surface area contributed by atoms with Gasteiger partial charge < -0.3 is 10.2 Å². The van der Waals surface area contributed by atoms with Gasteiger partial charge in [0.2, 0.25) is 11.8 Å². The van der Waals surface area contributed by atoms with Crippen molar-refractivity contribution in [2.75, 3.05) is 18.0 Å². The minimum absolute atomic E-state index is 0.0190. The lowest BCUT2D eigenvalue weighted by atomic mass is 10.0. The van der Waals surface area contributed by atoms with Gasteiger partial charge in [-0.15, -0.1) is 0 Å². The van der Waals surface area contributed by atoms with Crippen molar-refractivity contribution in [1.82, 2.24) is 5.32 Å². The first kappa shape index (κ1) is 18.2. The Balaban J connectivity index is 1.56. The molecular formula is C22H26N2O2. The Morgan fingerprint density at radius 3 is 2.50 bits per heavy atom. The molecule has 0 aliphatic carbocycles. The molecule has 136 valence electrons. The van der Waals surface area contributed by atoms with Crippen molar-refractivity contribution in [3.63, 3.8) is 0 Å². The van der Waals surface area contributed by atoms with Crippen molar-refractivity contribution in [2.24, 2.45) is 5.92 Å². The number of aryl methyl sites for hydroxylation is 1. The summed E-state index contributed by atoms with van der Waals surface area (Å²) in [7, 11) is 0. The number of amides is 2. The fraction of sp³-hybridized carbons (Fsp3) is 0.364. The molecule has 2 aromatic carbocycles. The van der Waals surface area contributed by atoms with Gasteiger partial charge in [0.1, 0.15) is 0 Å². The maximum atomic E-state index is 12.5. The molecule has 0 saturated carbocycles. The summed E-state index contributed by atoms with van der Waals surface area (Å²) >= 11 is 0. The minimum atomic E-state index is -0.281. The SMILES string of the molecule is CCc1ccc(N2C[C@H](C(=O)NC[C@H](C)c3ccccc3)CC2=O)cc1. The fourth-order valence-electron chi connectivity index (χ4n) is 3.34. The van der Waals surface area contributed by atoms with Gasteiger partial charge in [-0.25, -0.2) is 0 Å². The van der Waals surface area contributed by atoms with E-state index >= 15 is 0 Å². The molecule has 4 nitrogen and oxygen atoms in total. The summed E-state index contributed by atoms with van der Waals surface area (Å²) in [5.41, 5.74) is 3.32. The molecule has 2 amide bonds. The Morgan fingerprint density at radius 1 is 1.15 bits per heavy atom. The molecule has 0 unspecified atom stereocenters. The first-order chi connectivity index (χ1) is 12.6. The lowest BCUT2D eigenvalue weighted by molar-refractivity contribution is -0.126. The summed E-state index contributed by atoms with van der Waals surface area (Å²) in [6.07, 6.45) is 1.25. The average Bonchev–Trinajstić information content (AvgIpc) is 3.08. The molecule has 1 aliphatic heterocycles. The molecule has 26 heavy (non-hydrogen) atoms. The Kier molecular flexibility index (Phi) is 5.71. The lowest BCUT2D eigenvalue weighted by Crippen LogP contribution is -2.35. The Bertz CT molecular complexity index is 755. The van der Waals surface area contributed by atoms with E-state index in [9.17, 15) is 9.59 Å². The predicted octanol–water partition coefficient (Wildman–Crippen LogP) is 3.52. The van der Waals surface area contributed by atoms with Crippen LogP contribution in [0.2, 0.25) is 0 Å². The van der Waals surface area contributed by atoms with Gasteiger partial charge >= 0.3 is 0 Å². The summed E-state index contributed by atoms with van der Waals surface area (Å²) in [6, 6.07) is 18.1. The highest BCUT2D eigenvalue weighted by Gasteiger charge is 2.35. The number of benzene rings is 2. The molecule has 0 spiro atoms. The molecule has 1 fully saturated rings. The summed E-state index contributed by atoms with van der Waals surface area (Å²) in [6.45, 7) is 5.23. The maximum absolute atomic E-state index is 12.5. The highest BCUT2D eigenvalue weighted by atomic mass is 16.2. The largest absolute Gasteiger partial charge is 0.355 e. The van der Waals surface area contributed by atoms with E-state index in [0.717, 1.165) is 12.1 Å². The fourth-order valence-corrected chi connectivity index (χ4v) is 3.34. The molecule has 4 heteroatoms. The van der Waals surface area contributed by atoms with E-state index in [4.69, 9.17) is 0 Å². The van der Waals surface area contributed by atoms with Gasteiger partial charge in [-0.1, -0.05) is 56.3 Å². The first-order valence-electron chi connectivity index (χ1n) is 9.30. The number of hydrogen-bond donors (Lipinski definition) is 1. The molecule has 1 heterocycles. The molecule has 0 bridgehead atoms. The Hall–Kier alpha value is -2.62. The van der Waals surface area contributed by atoms with Gasteiger partial charge in [-0.2, -0.15) is 0 Å². The Labute approximate surface area is 155 Å². The third kappa shape index (κ3) is 4.13. The van der Waals surface area contributed by atoms with E-state index in [-0.39, 0.29) is 30.1 Å². The minimum Gasteiger partial charge on any atom is -0.355 e. The van der Waals surface area contributed by atoms with Crippen LogP contribution in [0.25, 0.3) is 0 Å². The molecule has 2 atom stereocenters. The maximum Gasteiger partial charge on any atom is 0.227 e. The highest BCUT2D eigenvalue weighted by molar-refractivity contribution is 6.00. The highest BCUT2D eigenvalue weighted by Crippen LogP contribution is 2.26. The first-order valence-corrected chi connectivity index (χ1v) is 9.30. The quantitative estimate of drug-likeness (QED) is 0.866. The van der Waals surface area contributed by atoms with Crippen molar-refractivity contribution >= 4 is 17.5 Å². The van der Waals surface area contributed by atoms with Crippen LogP contribution in [0.5, 0.6) is 0 Å². The lowest BCUT2D eigenvalue weighted by Gasteiger charge is -2.18. The third-order valence-corrected chi connectivity index (χ3v) is 5.10. The zero-order valence-corrected chi connectivity index (χ0v) is 15.4. The van der Waals surface area contributed by atoms with Crippen LogP contribution in [0.3, 0.4) is 0 Å². The summed E-state index contributed by atoms with van der Waals surface area (Å²) in [5.74, 6) is -0.0504. The molecule has 1 aliphatic rings. The normalized spacial score (nSPS) is 18.0. The van der Waals surface area contributed by atoms with E-state index in [1.807, 2.05) is 42.5 Å². The number of carbonyl (C=O) groups is 2. The van der Waals surface area contributed by atoms with Crippen LogP contribution in [-0.4, -0.2) is 24.9 Å². The predicted molar refractivity (Wildman–Crippen MR) is 104 cm³/mol. The standard InChI is InChI=1S/C22H26N2O2/c1-3-17-9-11-20(12-10-17)24-15-19(13-21(24)25)22(26)23-14-16(2)18-7-5-4-6-8-18/h4-12,16,19H,3,13-15H2,1-2H3,(H,23,26)/t16-,19+/m0/s1. The number of carbonyl (C=O) groups excluding carboxylic acids is 2. The zero-order valence-electron chi connectivity index (χ0n) is 15.4. The Morgan fingerprint density at radius 2 is 1.85 bits per heavy atom. The van der Waals surface area contributed by atoms with Crippen molar-refractivity contribution in [1.29, 1.82) is 0 Å². The number of nitrogens with zero attached hydrogens (tertiary/aromatic N) is 1. The topological polar surface area (TPSA) is 49.4 Å². The molecule has 0 radical (unpaired) electrons. The second-order valence-corrected chi connectivity index (χ2v) is 6.98. The monoisotopic (exact) mass is 350 g/mol. The van der Waals surface area contributed by atoms with Crippen molar-refractivity contribution < 1.29 is 9.59 Å². The van der Waals surface area contributed by atoms with E-state index < -0.39 is 0 Å². The molecule has 1 N–H and O–H groups in total. The number of nitrogens with one attached hydrogen (secondary N) is 1. The number of hydrogen-bond acceptors (Lipinski definition) is 2. The smallest absolute Gasteiger partial charge is 0.227 e. The number of anilines is 1. The van der Waals surface area contributed by atoms with Crippen LogP contribution >= 0.6 is 0 Å². The van der Waals surface area contributed by atoms with Crippen molar-refractivity contribution in [3.05, 3.63) is 65.7 Å². The van der Waals surface area contributed by atoms with Gasteiger partial charge in [0.05, 0.1) is 5.92 Å². The summed E-state index contributed by atoms with van der Waals surface area (Å²) in [5, 5.41) is 3.02. The van der Waals surface area contributed by atoms with Gasteiger partial charge in [0.25, 0.3) is 0 Å². The van der Waals surface area contributed by atoms with Gasteiger partial charge in [0, 0.05) is 25.2 Å². The van der Waals surface area contributed by atoms with Crippen LogP contribution in [0.1, 0.15) is 37.3 Å². The van der Waals surface area contributed by atoms with Crippen molar-refractivity contribution in [3.8, 4) is 0 Å². The van der Waals surface area contributed by atoms with Crippen LogP contribution in [0, 0.1) is 5.92 Å². The molecule has 1 saturated heterocycles. The second kappa shape index (κ2) is 8.17. The summed E-state index contributed by atoms with van der Waals surface area (Å²) in [4.78, 5) is 26.6. The zero-order chi connectivity index (χ0) is 18.5. The second-order valence-electron chi connectivity index (χ2n) is 6.98. The number of rotatable bonds is 6. The van der Waals surface area contributed by atoms with Gasteiger partial charge in [-0.3, -0.25) is 9.59 Å². The van der Waals surface area contributed by atoms with E-state index in [1.165, 1.54) is 11.1 Å². The van der Waals surface area contributed by atoms with Gasteiger partial charge in [-0.05, 0) is 35.6 Å². The average molecular weight is 350 g/mol. The van der Waals surface area contributed by atoms with E-state index in [2.05, 4.69) is 31.3 Å². The molecular weight excluding hydrogens is 324 g/mol. The van der Waals surface area contributed by atoms with Crippen LogP contribution < -0.4 is 10.2 Å². The third-order valence-electron chi connectivity index (χ3n) is 5.10. The summed E-state index contributed by atoms with van der Waals surface area (Å²) < 4.78 is 0. The van der Waals surface area contributed by atoms with E-state index in [1.54, 1.807) is 4.90 Å².